The van der Waals surface area contributed by atoms with Crippen molar-refractivity contribution in [3.8, 4) is 0 Å². The summed E-state index contributed by atoms with van der Waals surface area (Å²) < 4.78 is 16.8. The van der Waals surface area contributed by atoms with E-state index in [0.717, 1.165) is 6.42 Å². The average Bonchev–Trinajstić information content (AvgIpc) is 2.46. The Morgan fingerprint density at radius 2 is 2.27 bits per heavy atom. The van der Waals surface area contributed by atoms with E-state index in [1.54, 1.807) is 6.26 Å². The van der Waals surface area contributed by atoms with Gasteiger partial charge in [-0.15, -0.1) is 0 Å². The Balaban J connectivity index is 2.30. The molecule has 0 aliphatic carbocycles. The van der Waals surface area contributed by atoms with E-state index in [4.69, 9.17) is 14.2 Å². The van der Waals surface area contributed by atoms with Crippen LogP contribution in [0.1, 0.15) is 34.1 Å². The fraction of sp³-hybridized carbons (Fsp3) is 0.833. The second kappa shape index (κ2) is 5.52. The van der Waals surface area contributed by atoms with Crippen LogP contribution in [-0.2, 0) is 14.2 Å². The molecule has 0 aromatic carbocycles. The normalized spacial score (nSPS) is 31.7. The average molecular weight is 214 g/mol. The highest BCUT2D eigenvalue weighted by Gasteiger charge is 2.37. The molecule has 0 radical (unpaired) electrons. The smallest absolute Gasteiger partial charge is 0.166 e. The molecule has 3 heteroatoms. The van der Waals surface area contributed by atoms with Crippen molar-refractivity contribution >= 4 is 0 Å². The third-order valence-corrected chi connectivity index (χ3v) is 2.28. The molecule has 15 heavy (non-hydrogen) atoms. The monoisotopic (exact) mass is 214 g/mol. The molecule has 0 aromatic rings. The maximum absolute atomic E-state index is 5.83. The Hall–Kier alpha value is -0.540. The van der Waals surface area contributed by atoms with Crippen LogP contribution in [0.5, 0.6) is 0 Å². The molecule has 1 heterocycles. The lowest BCUT2D eigenvalue weighted by Gasteiger charge is -2.25. The maximum atomic E-state index is 5.83. The predicted molar refractivity (Wildman–Crippen MR) is 59.5 cm³/mol. The van der Waals surface area contributed by atoms with Crippen LogP contribution in [0.25, 0.3) is 0 Å². The number of ether oxygens (including phenoxy) is 3. The van der Waals surface area contributed by atoms with Gasteiger partial charge in [-0.05, 0) is 19.8 Å². The van der Waals surface area contributed by atoms with Crippen molar-refractivity contribution < 1.29 is 14.2 Å². The Morgan fingerprint density at radius 1 is 1.53 bits per heavy atom. The lowest BCUT2D eigenvalue weighted by Crippen LogP contribution is -2.29. The van der Waals surface area contributed by atoms with Gasteiger partial charge in [0, 0.05) is 6.42 Å². The molecule has 0 N–H and O–H groups in total. The Kier molecular flexibility index (Phi) is 4.61. The van der Waals surface area contributed by atoms with Crippen molar-refractivity contribution in [3.05, 3.63) is 12.3 Å². The molecule has 1 fully saturated rings. The van der Waals surface area contributed by atoms with Gasteiger partial charge >= 0.3 is 0 Å². The van der Waals surface area contributed by atoms with E-state index in [9.17, 15) is 0 Å². The van der Waals surface area contributed by atoms with E-state index in [1.807, 2.05) is 19.9 Å². The van der Waals surface area contributed by atoms with E-state index in [1.165, 1.54) is 0 Å². The van der Waals surface area contributed by atoms with Crippen LogP contribution < -0.4 is 0 Å². The van der Waals surface area contributed by atoms with E-state index in [2.05, 4.69) is 13.8 Å². The highest BCUT2D eigenvalue weighted by atomic mass is 16.7. The summed E-state index contributed by atoms with van der Waals surface area (Å²) in [7, 11) is 0. The second-order valence-electron chi connectivity index (χ2n) is 4.59. The molecule has 1 aliphatic heterocycles. The van der Waals surface area contributed by atoms with Gasteiger partial charge in [-0.3, -0.25) is 0 Å². The molecule has 1 rings (SSSR count). The van der Waals surface area contributed by atoms with Crippen LogP contribution >= 0.6 is 0 Å². The number of hydrogen-bond donors (Lipinski definition) is 0. The summed E-state index contributed by atoms with van der Waals surface area (Å²) >= 11 is 0. The van der Waals surface area contributed by atoms with E-state index in [0.29, 0.717) is 19.1 Å². The van der Waals surface area contributed by atoms with Gasteiger partial charge in [-0.2, -0.15) is 0 Å². The van der Waals surface area contributed by atoms with Crippen LogP contribution in [0.3, 0.4) is 0 Å². The minimum atomic E-state index is -0.419. The minimum Gasteiger partial charge on any atom is -0.499 e. The minimum absolute atomic E-state index is 0.0601. The van der Waals surface area contributed by atoms with Gasteiger partial charge in [0.15, 0.2) is 5.79 Å². The fourth-order valence-corrected chi connectivity index (χ4v) is 1.88. The molecule has 0 aromatic heterocycles. The Morgan fingerprint density at radius 3 is 2.87 bits per heavy atom. The first kappa shape index (κ1) is 12.5. The lowest BCUT2D eigenvalue weighted by atomic mass is 10.0. The largest absolute Gasteiger partial charge is 0.499 e. The number of rotatable bonds is 5. The first-order chi connectivity index (χ1) is 7.06. The zero-order valence-corrected chi connectivity index (χ0v) is 10.2. The highest BCUT2D eigenvalue weighted by Crippen LogP contribution is 2.29. The summed E-state index contributed by atoms with van der Waals surface area (Å²) in [6.07, 6.45) is 4.53. The Labute approximate surface area is 92.4 Å². The molecule has 2 atom stereocenters. The first-order valence-corrected chi connectivity index (χ1v) is 5.60. The van der Waals surface area contributed by atoms with Crippen molar-refractivity contribution in [1.82, 2.24) is 0 Å². The first-order valence-electron chi connectivity index (χ1n) is 5.60. The summed E-state index contributed by atoms with van der Waals surface area (Å²) in [6.45, 7) is 9.46. The molecule has 3 nitrogen and oxygen atoms in total. The standard InChI is InChI=1S/C12H22O3/c1-5-6-13-8-11-9-14-12(4,15-11)7-10(2)3/h5-6,10-11H,7-9H2,1-4H3. The zero-order valence-electron chi connectivity index (χ0n) is 10.2. The molecule has 1 aliphatic rings. The molecule has 0 spiro atoms. The second-order valence-corrected chi connectivity index (χ2v) is 4.59. The topological polar surface area (TPSA) is 27.7 Å². The third-order valence-electron chi connectivity index (χ3n) is 2.28. The van der Waals surface area contributed by atoms with Crippen LogP contribution in [0.4, 0.5) is 0 Å². The molecular formula is C12H22O3. The van der Waals surface area contributed by atoms with Gasteiger partial charge in [0.25, 0.3) is 0 Å². The van der Waals surface area contributed by atoms with E-state index in [-0.39, 0.29) is 6.10 Å². The van der Waals surface area contributed by atoms with Gasteiger partial charge in [-0.1, -0.05) is 19.9 Å². The summed E-state index contributed by atoms with van der Waals surface area (Å²) in [5.41, 5.74) is 0. The molecule has 1 saturated heterocycles. The van der Waals surface area contributed by atoms with Crippen molar-refractivity contribution in [2.24, 2.45) is 5.92 Å². The van der Waals surface area contributed by atoms with E-state index >= 15 is 0 Å². The molecule has 2 unspecified atom stereocenters. The summed E-state index contributed by atoms with van der Waals surface area (Å²) in [5, 5.41) is 0. The highest BCUT2D eigenvalue weighted by molar-refractivity contribution is 4.77. The van der Waals surface area contributed by atoms with Crippen molar-refractivity contribution in [2.45, 2.75) is 46.0 Å². The van der Waals surface area contributed by atoms with E-state index < -0.39 is 5.79 Å². The van der Waals surface area contributed by atoms with Gasteiger partial charge in [-0.25, -0.2) is 0 Å². The number of allylic oxidation sites excluding steroid dienone is 1. The SMILES string of the molecule is CC=COCC1COC(C)(CC(C)C)O1. The molecule has 0 amide bonds. The molecule has 0 bridgehead atoms. The molecule has 0 saturated carbocycles. The molecular weight excluding hydrogens is 192 g/mol. The number of hydrogen-bond acceptors (Lipinski definition) is 3. The fourth-order valence-electron chi connectivity index (χ4n) is 1.88. The Bertz CT molecular complexity index is 213. The van der Waals surface area contributed by atoms with Crippen LogP contribution in [0.15, 0.2) is 12.3 Å². The predicted octanol–water partition coefficient (Wildman–Crippen LogP) is 2.71. The third kappa shape index (κ3) is 4.22. The summed E-state index contributed by atoms with van der Waals surface area (Å²) in [5.74, 6) is 0.156. The van der Waals surface area contributed by atoms with Crippen molar-refractivity contribution in [2.75, 3.05) is 13.2 Å². The summed E-state index contributed by atoms with van der Waals surface area (Å²) in [6, 6.07) is 0. The van der Waals surface area contributed by atoms with Gasteiger partial charge in [0.1, 0.15) is 12.7 Å². The van der Waals surface area contributed by atoms with Crippen LogP contribution in [0, 0.1) is 5.92 Å². The van der Waals surface area contributed by atoms with Crippen LogP contribution in [-0.4, -0.2) is 25.1 Å². The molecule has 88 valence electrons. The van der Waals surface area contributed by atoms with Gasteiger partial charge in [0.2, 0.25) is 0 Å². The summed E-state index contributed by atoms with van der Waals surface area (Å²) in [4.78, 5) is 0. The maximum Gasteiger partial charge on any atom is 0.166 e. The quantitative estimate of drug-likeness (QED) is 0.659. The lowest BCUT2D eigenvalue weighted by molar-refractivity contribution is -0.167. The van der Waals surface area contributed by atoms with Gasteiger partial charge in [0.05, 0.1) is 12.9 Å². The van der Waals surface area contributed by atoms with Crippen molar-refractivity contribution in [3.63, 3.8) is 0 Å². The van der Waals surface area contributed by atoms with Gasteiger partial charge < -0.3 is 14.2 Å². The zero-order chi connectivity index (χ0) is 11.3. The van der Waals surface area contributed by atoms with Crippen molar-refractivity contribution in [1.29, 1.82) is 0 Å². The van der Waals surface area contributed by atoms with Crippen LogP contribution in [0.2, 0.25) is 0 Å².